The van der Waals surface area contributed by atoms with E-state index in [1.54, 1.807) is 19.2 Å². The third kappa shape index (κ3) is 4.46. The van der Waals surface area contributed by atoms with Gasteiger partial charge in [-0.1, -0.05) is 30.3 Å². The highest BCUT2D eigenvalue weighted by atomic mass is 79.9. The molecule has 5 nitrogen and oxygen atoms in total. The number of hydrogen-bond donors (Lipinski definition) is 1. The molecule has 0 radical (unpaired) electrons. The SMILES string of the molecule is COc1ccccc1CNC(=O)c1ccc(COc2ccccc2Br)o1. The molecule has 1 amide bonds. The summed E-state index contributed by atoms with van der Waals surface area (Å²) in [6.45, 7) is 0.592. The number of rotatable bonds is 7. The van der Waals surface area contributed by atoms with E-state index in [1.165, 1.54) is 0 Å². The second kappa shape index (κ2) is 8.58. The molecule has 0 saturated carbocycles. The topological polar surface area (TPSA) is 60.7 Å². The second-order valence-electron chi connectivity index (χ2n) is 5.48. The molecule has 134 valence electrons. The van der Waals surface area contributed by atoms with Crippen LogP contribution in [0.2, 0.25) is 0 Å². The van der Waals surface area contributed by atoms with Gasteiger partial charge in [0, 0.05) is 12.1 Å². The molecule has 0 unspecified atom stereocenters. The number of carbonyl (C=O) groups excluding carboxylic acids is 1. The molecule has 1 heterocycles. The van der Waals surface area contributed by atoms with Crippen molar-refractivity contribution in [2.45, 2.75) is 13.2 Å². The average Bonchev–Trinajstić information content (AvgIpc) is 3.15. The normalized spacial score (nSPS) is 10.4. The summed E-state index contributed by atoms with van der Waals surface area (Å²) < 4.78 is 17.4. The molecule has 0 atom stereocenters. The zero-order valence-corrected chi connectivity index (χ0v) is 15.8. The Bertz CT molecular complexity index is 891. The fourth-order valence-electron chi connectivity index (χ4n) is 2.40. The molecule has 6 heteroatoms. The Hall–Kier alpha value is -2.73. The fraction of sp³-hybridized carbons (Fsp3) is 0.150. The molecule has 0 fully saturated rings. The molecule has 3 aromatic rings. The zero-order chi connectivity index (χ0) is 18.4. The molecule has 0 aliphatic heterocycles. The quantitative estimate of drug-likeness (QED) is 0.614. The van der Waals surface area contributed by atoms with Gasteiger partial charge in [0.2, 0.25) is 0 Å². The molecule has 3 rings (SSSR count). The van der Waals surface area contributed by atoms with Gasteiger partial charge in [0.1, 0.15) is 23.9 Å². The van der Waals surface area contributed by atoms with E-state index in [-0.39, 0.29) is 18.3 Å². The van der Waals surface area contributed by atoms with Crippen molar-refractivity contribution in [1.29, 1.82) is 0 Å². The molecule has 0 aliphatic carbocycles. The van der Waals surface area contributed by atoms with Crippen LogP contribution in [0.3, 0.4) is 0 Å². The average molecular weight is 416 g/mol. The van der Waals surface area contributed by atoms with E-state index in [4.69, 9.17) is 13.9 Å². The van der Waals surface area contributed by atoms with Crippen LogP contribution < -0.4 is 14.8 Å². The molecule has 26 heavy (non-hydrogen) atoms. The monoisotopic (exact) mass is 415 g/mol. The van der Waals surface area contributed by atoms with Gasteiger partial charge in [-0.25, -0.2) is 0 Å². The van der Waals surface area contributed by atoms with E-state index >= 15 is 0 Å². The summed E-state index contributed by atoms with van der Waals surface area (Å²) in [6, 6.07) is 18.5. The van der Waals surface area contributed by atoms with E-state index in [2.05, 4.69) is 21.2 Å². The van der Waals surface area contributed by atoms with Crippen molar-refractivity contribution in [3.8, 4) is 11.5 Å². The van der Waals surface area contributed by atoms with E-state index in [9.17, 15) is 4.79 Å². The maximum atomic E-state index is 12.3. The molecule has 1 aromatic heterocycles. The first-order valence-electron chi connectivity index (χ1n) is 8.03. The minimum atomic E-state index is -0.289. The van der Waals surface area contributed by atoms with Gasteiger partial charge in [0.05, 0.1) is 11.6 Å². The number of carbonyl (C=O) groups is 1. The van der Waals surface area contributed by atoms with E-state index in [0.29, 0.717) is 18.1 Å². The van der Waals surface area contributed by atoms with Crippen LogP contribution in [-0.2, 0) is 13.2 Å². The molecule has 0 aliphatic rings. The number of nitrogens with one attached hydrogen (secondary N) is 1. The maximum Gasteiger partial charge on any atom is 0.287 e. The van der Waals surface area contributed by atoms with Crippen LogP contribution in [0.1, 0.15) is 21.9 Å². The third-order valence-corrected chi connectivity index (χ3v) is 4.38. The highest BCUT2D eigenvalue weighted by Crippen LogP contribution is 2.25. The number of amides is 1. The third-order valence-electron chi connectivity index (χ3n) is 3.72. The van der Waals surface area contributed by atoms with Crippen molar-refractivity contribution in [3.05, 3.63) is 82.2 Å². The van der Waals surface area contributed by atoms with Crippen LogP contribution in [0.4, 0.5) is 0 Å². The first-order chi connectivity index (χ1) is 12.7. The van der Waals surface area contributed by atoms with Gasteiger partial charge in [0.15, 0.2) is 5.76 Å². The Morgan fingerprint density at radius 3 is 2.54 bits per heavy atom. The minimum Gasteiger partial charge on any atom is -0.496 e. The summed E-state index contributed by atoms with van der Waals surface area (Å²) in [5, 5.41) is 2.83. The molecule has 2 aromatic carbocycles. The predicted octanol–water partition coefficient (Wildman–Crippen LogP) is 4.56. The number of furan rings is 1. The Morgan fingerprint density at radius 2 is 1.77 bits per heavy atom. The highest BCUT2D eigenvalue weighted by Gasteiger charge is 2.12. The standard InChI is InChI=1S/C20H18BrNO4/c1-24-17-8-4-2-6-14(17)12-22-20(23)19-11-10-15(26-19)13-25-18-9-5-3-7-16(18)21/h2-11H,12-13H2,1H3,(H,22,23). The Balaban J connectivity index is 1.57. The number of methoxy groups -OCH3 is 1. The summed E-state index contributed by atoms with van der Waals surface area (Å²) in [6.07, 6.45) is 0. The van der Waals surface area contributed by atoms with Gasteiger partial charge in [-0.05, 0) is 46.3 Å². The maximum absolute atomic E-state index is 12.3. The van der Waals surface area contributed by atoms with Crippen molar-refractivity contribution >= 4 is 21.8 Å². The van der Waals surface area contributed by atoms with Crippen LogP contribution in [0.15, 0.2) is 69.6 Å². The van der Waals surface area contributed by atoms with Gasteiger partial charge in [-0.3, -0.25) is 4.79 Å². The summed E-state index contributed by atoms with van der Waals surface area (Å²) >= 11 is 3.42. The van der Waals surface area contributed by atoms with Gasteiger partial charge >= 0.3 is 0 Å². The molecular weight excluding hydrogens is 398 g/mol. The number of halogens is 1. The van der Waals surface area contributed by atoms with Crippen LogP contribution in [0, 0.1) is 0 Å². The molecule has 0 bridgehead atoms. The zero-order valence-electron chi connectivity index (χ0n) is 14.2. The van der Waals surface area contributed by atoms with Crippen LogP contribution >= 0.6 is 15.9 Å². The second-order valence-corrected chi connectivity index (χ2v) is 6.33. The lowest BCUT2D eigenvalue weighted by atomic mass is 10.2. The van der Waals surface area contributed by atoms with Crippen LogP contribution in [-0.4, -0.2) is 13.0 Å². The number of ether oxygens (including phenoxy) is 2. The Kier molecular flexibility index (Phi) is 5.96. The van der Waals surface area contributed by atoms with Crippen molar-refractivity contribution in [2.24, 2.45) is 0 Å². The van der Waals surface area contributed by atoms with E-state index < -0.39 is 0 Å². The fourth-order valence-corrected chi connectivity index (χ4v) is 2.80. The van der Waals surface area contributed by atoms with Gasteiger partial charge in [-0.2, -0.15) is 0 Å². The molecule has 0 saturated heterocycles. The van der Waals surface area contributed by atoms with Gasteiger partial charge in [-0.15, -0.1) is 0 Å². The van der Waals surface area contributed by atoms with Crippen molar-refractivity contribution in [2.75, 3.05) is 7.11 Å². The van der Waals surface area contributed by atoms with Crippen LogP contribution in [0.25, 0.3) is 0 Å². The number of hydrogen-bond acceptors (Lipinski definition) is 4. The number of benzene rings is 2. The van der Waals surface area contributed by atoms with Crippen LogP contribution in [0.5, 0.6) is 11.5 Å². The number of para-hydroxylation sites is 2. The van der Waals surface area contributed by atoms with Crippen molar-refractivity contribution in [1.82, 2.24) is 5.32 Å². The molecular formula is C20H18BrNO4. The Morgan fingerprint density at radius 1 is 1.04 bits per heavy atom. The first kappa shape index (κ1) is 18.1. The van der Waals surface area contributed by atoms with Gasteiger partial charge in [0.25, 0.3) is 5.91 Å². The lowest BCUT2D eigenvalue weighted by molar-refractivity contribution is 0.0919. The lowest BCUT2D eigenvalue weighted by Gasteiger charge is -2.08. The van der Waals surface area contributed by atoms with Crippen molar-refractivity contribution < 1.29 is 18.7 Å². The van der Waals surface area contributed by atoms with Crippen molar-refractivity contribution in [3.63, 3.8) is 0 Å². The predicted molar refractivity (Wildman–Crippen MR) is 101 cm³/mol. The molecule has 0 spiro atoms. The lowest BCUT2D eigenvalue weighted by Crippen LogP contribution is -2.22. The summed E-state index contributed by atoms with van der Waals surface area (Å²) in [4.78, 5) is 12.3. The summed E-state index contributed by atoms with van der Waals surface area (Å²) in [5.41, 5.74) is 0.896. The summed E-state index contributed by atoms with van der Waals surface area (Å²) in [7, 11) is 1.60. The minimum absolute atomic E-state index is 0.238. The molecule has 1 N–H and O–H groups in total. The Labute approximate surface area is 160 Å². The highest BCUT2D eigenvalue weighted by molar-refractivity contribution is 9.10. The largest absolute Gasteiger partial charge is 0.496 e. The van der Waals surface area contributed by atoms with Gasteiger partial charge < -0.3 is 19.2 Å². The van der Waals surface area contributed by atoms with E-state index in [1.807, 2.05) is 48.5 Å². The van der Waals surface area contributed by atoms with E-state index in [0.717, 1.165) is 15.8 Å². The first-order valence-corrected chi connectivity index (χ1v) is 8.83. The smallest absolute Gasteiger partial charge is 0.287 e. The summed E-state index contributed by atoms with van der Waals surface area (Å²) in [5.74, 6) is 1.97.